The molecule has 1 aliphatic carbocycles. The van der Waals surface area contributed by atoms with Crippen LogP contribution in [0.3, 0.4) is 0 Å². The number of rotatable bonds is 2. The van der Waals surface area contributed by atoms with Gasteiger partial charge in [0.15, 0.2) is 5.82 Å². The maximum absolute atomic E-state index is 16.0. The molecule has 1 aromatic carbocycles. The second-order valence-electron chi connectivity index (χ2n) is 12.2. The first-order valence-electron chi connectivity index (χ1n) is 14.9. The third-order valence-corrected chi connectivity index (χ3v) is 9.20. The van der Waals surface area contributed by atoms with Crippen LogP contribution in [0.5, 0.6) is 0 Å². The average molecular weight is 555 g/mol. The topological polar surface area (TPSA) is 77.1 Å². The summed E-state index contributed by atoms with van der Waals surface area (Å²) in [6.07, 6.45) is 16.1. The van der Waals surface area contributed by atoms with Crippen LogP contribution in [0.25, 0.3) is 27.7 Å². The Hall–Kier alpha value is -3.54. The Morgan fingerprint density at radius 1 is 1.17 bits per heavy atom. The maximum Gasteiger partial charge on any atom is 0.347 e. The summed E-state index contributed by atoms with van der Waals surface area (Å²) < 4.78 is 16.0. The van der Waals surface area contributed by atoms with E-state index in [1.165, 1.54) is 19.4 Å². The highest BCUT2D eigenvalue weighted by Gasteiger charge is 2.34. The fourth-order valence-corrected chi connectivity index (χ4v) is 7.08. The standard InChI is InChI=1S/C27H26FN5O.C6H13N/c1-3-16-6-4-7-17-8-5-9-20(22(16)17)24-23(28)25-21(12-29-24)26(32-27(34)31-25)33-13-18-10-15(2)11-19(14-33)30-18;1-6-4-3-5-7(6)2/h1,5-6,8-9,12,15,18-19,30H,4,7,10-11,13-14H2,2H3,(H,31,32,34);6H,3-5H2,1-2H3/t;6-/m.0/s1. The molecule has 0 amide bonds. The first-order valence-corrected chi connectivity index (χ1v) is 14.9. The van der Waals surface area contributed by atoms with Gasteiger partial charge in [-0.3, -0.25) is 4.98 Å². The Labute approximate surface area is 241 Å². The number of piperidine rings is 1. The van der Waals surface area contributed by atoms with Gasteiger partial charge in [-0.05, 0) is 70.5 Å². The van der Waals surface area contributed by atoms with E-state index < -0.39 is 11.5 Å². The van der Waals surface area contributed by atoms with Crippen molar-refractivity contribution < 1.29 is 4.39 Å². The van der Waals surface area contributed by atoms with Crippen LogP contribution in [0.15, 0.2) is 35.3 Å². The first-order chi connectivity index (χ1) is 19.8. The lowest BCUT2D eigenvalue weighted by atomic mass is 9.86. The van der Waals surface area contributed by atoms with Gasteiger partial charge in [-0.1, -0.05) is 37.1 Å². The van der Waals surface area contributed by atoms with Gasteiger partial charge in [-0.2, -0.15) is 4.98 Å². The molecule has 41 heavy (non-hydrogen) atoms. The van der Waals surface area contributed by atoms with E-state index in [9.17, 15) is 4.79 Å². The number of fused-ring (bicyclic) bond motifs is 4. The molecule has 214 valence electrons. The highest BCUT2D eigenvalue weighted by molar-refractivity contribution is 5.94. The Morgan fingerprint density at radius 3 is 2.61 bits per heavy atom. The summed E-state index contributed by atoms with van der Waals surface area (Å²) in [5.41, 5.74) is 3.09. The van der Waals surface area contributed by atoms with E-state index in [0.29, 0.717) is 34.8 Å². The number of nitrogens with zero attached hydrogens (tertiary/aromatic N) is 4. The number of anilines is 1. The summed E-state index contributed by atoms with van der Waals surface area (Å²) in [5, 5.41) is 4.18. The molecule has 3 aliphatic heterocycles. The van der Waals surface area contributed by atoms with E-state index in [4.69, 9.17) is 6.42 Å². The maximum atomic E-state index is 16.0. The number of halogens is 1. The Morgan fingerprint density at radius 2 is 1.95 bits per heavy atom. The molecule has 7 nitrogen and oxygen atoms in total. The van der Waals surface area contributed by atoms with Crippen LogP contribution in [0.1, 0.15) is 57.1 Å². The summed E-state index contributed by atoms with van der Waals surface area (Å²) in [4.78, 5) is 28.5. The van der Waals surface area contributed by atoms with Crippen molar-refractivity contribution in [1.29, 1.82) is 0 Å². The summed E-state index contributed by atoms with van der Waals surface area (Å²) in [5.74, 6) is 3.35. The number of likely N-dealkylation sites (tertiary alicyclic amines) is 1. The van der Waals surface area contributed by atoms with Crippen LogP contribution in [-0.4, -0.2) is 64.7 Å². The minimum atomic E-state index is -0.560. The van der Waals surface area contributed by atoms with Crippen LogP contribution in [0.2, 0.25) is 0 Å². The molecule has 5 heterocycles. The van der Waals surface area contributed by atoms with Crippen molar-refractivity contribution in [3.8, 4) is 23.6 Å². The van der Waals surface area contributed by atoms with Crippen molar-refractivity contribution in [3.63, 3.8) is 0 Å². The molecule has 3 aromatic rings. The normalized spacial score (nSPS) is 25.6. The number of aromatic nitrogens is 3. The molecule has 3 saturated heterocycles. The number of allylic oxidation sites excluding steroid dienone is 2. The number of nitrogens with one attached hydrogen (secondary N) is 2. The predicted molar refractivity (Wildman–Crippen MR) is 163 cm³/mol. The molecular formula is C33H39FN6O. The average Bonchev–Trinajstić information content (AvgIpc) is 3.34. The van der Waals surface area contributed by atoms with Crippen molar-refractivity contribution in [2.75, 3.05) is 31.6 Å². The molecule has 2 aromatic heterocycles. The van der Waals surface area contributed by atoms with Gasteiger partial charge < -0.3 is 20.1 Å². The predicted octanol–water partition coefficient (Wildman–Crippen LogP) is 4.76. The zero-order valence-corrected chi connectivity index (χ0v) is 24.2. The number of hydrogen-bond donors (Lipinski definition) is 2. The molecular weight excluding hydrogens is 515 g/mol. The van der Waals surface area contributed by atoms with Crippen LogP contribution >= 0.6 is 0 Å². The molecule has 0 spiro atoms. The number of aryl methyl sites for hydroxylation is 1. The van der Waals surface area contributed by atoms with Gasteiger partial charge in [0.25, 0.3) is 0 Å². The molecule has 4 aliphatic rings. The zero-order valence-electron chi connectivity index (χ0n) is 24.2. The van der Waals surface area contributed by atoms with Crippen molar-refractivity contribution in [2.24, 2.45) is 5.92 Å². The van der Waals surface area contributed by atoms with E-state index in [2.05, 4.69) is 56.9 Å². The van der Waals surface area contributed by atoms with Crippen molar-refractivity contribution in [1.82, 2.24) is 25.2 Å². The van der Waals surface area contributed by atoms with Gasteiger partial charge in [0, 0.05) is 54.1 Å². The quantitative estimate of drug-likeness (QED) is 0.445. The van der Waals surface area contributed by atoms with E-state index >= 15 is 4.39 Å². The third-order valence-electron chi connectivity index (χ3n) is 9.20. The second-order valence-corrected chi connectivity index (χ2v) is 12.2. The number of benzene rings is 1. The lowest BCUT2D eigenvalue weighted by Gasteiger charge is -2.45. The number of aromatic amines is 1. The fourth-order valence-electron chi connectivity index (χ4n) is 7.08. The summed E-state index contributed by atoms with van der Waals surface area (Å²) in [6, 6.07) is 7.28. The molecule has 0 radical (unpaired) electrons. The smallest absolute Gasteiger partial charge is 0.347 e. The minimum absolute atomic E-state index is 0.136. The summed E-state index contributed by atoms with van der Waals surface area (Å²) >= 11 is 0. The summed E-state index contributed by atoms with van der Waals surface area (Å²) in [6.45, 7) is 7.34. The molecule has 2 N–H and O–H groups in total. The van der Waals surface area contributed by atoms with E-state index in [0.717, 1.165) is 61.5 Å². The Balaban J connectivity index is 0.000000380. The van der Waals surface area contributed by atoms with Crippen LogP contribution in [-0.2, 0) is 6.42 Å². The number of pyridine rings is 1. The van der Waals surface area contributed by atoms with Gasteiger partial charge in [0.1, 0.15) is 11.5 Å². The number of terminal acetylenes is 1. The molecule has 8 heteroatoms. The number of piperazine rings is 1. The van der Waals surface area contributed by atoms with Gasteiger partial charge in [-0.15, -0.1) is 6.42 Å². The Bertz CT molecular complexity index is 1560. The van der Waals surface area contributed by atoms with Crippen LogP contribution in [0, 0.1) is 24.1 Å². The van der Waals surface area contributed by atoms with E-state index in [1.807, 2.05) is 24.3 Å². The first kappa shape index (κ1) is 27.6. The molecule has 2 bridgehead atoms. The molecule has 2 unspecified atom stereocenters. The zero-order chi connectivity index (χ0) is 28.7. The molecule has 7 rings (SSSR count). The van der Waals surface area contributed by atoms with Gasteiger partial charge in [0.2, 0.25) is 0 Å². The highest BCUT2D eigenvalue weighted by Crippen LogP contribution is 2.38. The van der Waals surface area contributed by atoms with Crippen molar-refractivity contribution in [3.05, 3.63) is 57.9 Å². The third kappa shape index (κ3) is 5.41. The SMILES string of the molecule is C#CC1=CCCc2cccc(-c3ncc4c(N5CC6CC(C)CC(C5)N6)nc(=O)[nH]c4c3F)c21.C[C@H]1CCCN1C. The van der Waals surface area contributed by atoms with Gasteiger partial charge in [0.05, 0.1) is 10.9 Å². The van der Waals surface area contributed by atoms with Gasteiger partial charge >= 0.3 is 5.69 Å². The minimum Gasteiger partial charge on any atom is -0.353 e. The van der Waals surface area contributed by atoms with E-state index in [1.54, 1.807) is 6.20 Å². The number of hydrogen-bond acceptors (Lipinski definition) is 6. The summed E-state index contributed by atoms with van der Waals surface area (Å²) in [7, 11) is 2.19. The van der Waals surface area contributed by atoms with E-state index in [-0.39, 0.29) is 11.2 Å². The lowest BCUT2D eigenvalue weighted by Crippen LogP contribution is -2.60. The highest BCUT2D eigenvalue weighted by atomic mass is 19.1. The Kier molecular flexibility index (Phi) is 7.67. The molecule has 3 fully saturated rings. The van der Waals surface area contributed by atoms with Gasteiger partial charge in [-0.25, -0.2) is 9.18 Å². The fraction of sp³-hybridized carbons (Fsp3) is 0.485. The van der Waals surface area contributed by atoms with Crippen molar-refractivity contribution in [2.45, 2.75) is 70.5 Å². The lowest BCUT2D eigenvalue weighted by molar-refractivity contribution is 0.227. The number of H-pyrrole nitrogens is 1. The largest absolute Gasteiger partial charge is 0.353 e. The van der Waals surface area contributed by atoms with Crippen LogP contribution in [0.4, 0.5) is 10.2 Å². The monoisotopic (exact) mass is 554 g/mol. The molecule has 3 atom stereocenters. The second kappa shape index (κ2) is 11.4. The van der Waals surface area contributed by atoms with Crippen LogP contribution < -0.4 is 15.9 Å². The molecule has 0 saturated carbocycles. The van der Waals surface area contributed by atoms with Crippen molar-refractivity contribution >= 4 is 22.3 Å².